The van der Waals surface area contributed by atoms with Gasteiger partial charge in [-0.05, 0) is 101 Å². The fourth-order valence-electron chi connectivity index (χ4n) is 4.88. The predicted octanol–water partition coefficient (Wildman–Crippen LogP) is 7.05. The minimum atomic E-state index is -0.292. The van der Waals surface area contributed by atoms with Crippen molar-refractivity contribution < 1.29 is 19.1 Å². The highest BCUT2D eigenvalue weighted by molar-refractivity contribution is 7.98. The van der Waals surface area contributed by atoms with Crippen molar-refractivity contribution in [2.45, 2.75) is 95.1 Å². The molecule has 3 amide bonds. The Morgan fingerprint density at radius 1 is 1.08 bits per heavy atom. The van der Waals surface area contributed by atoms with Gasteiger partial charge in [0.15, 0.2) is 5.43 Å². The van der Waals surface area contributed by atoms with Crippen LogP contribution in [0.2, 0.25) is 5.02 Å². The Balaban J connectivity index is 0.000000191. The van der Waals surface area contributed by atoms with Crippen molar-refractivity contribution >= 4 is 53.2 Å². The summed E-state index contributed by atoms with van der Waals surface area (Å²) >= 11 is 7.64. The molecule has 2 saturated carbocycles. The quantitative estimate of drug-likeness (QED) is 0.0763. The molecule has 260 valence electrons. The van der Waals surface area contributed by atoms with Crippen molar-refractivity contribution in [1.29, 1.82) is 0 Å². The van der Waals surface area contributed by atoms with Crippen LogP contribution in [0.3, 0.4) is 0 Å². The highest BCUT2D eigenvalue weighted by Gasteiger charge is 2.28. The Morgan fingerprint density at radius 2 is 1.83 bits per heavy atom. The molecule has 2 atom stereocenters. The standard InChI is InChI=1S/C15H10ClNO.C14H25NO2.C4H7NOS.C4H7NO/c16-12-8-4-7-11-14(18)9-13(17-15(11)12)10-5-2-1-3-6-10;1-4-5-6-7-11-17-13(3)14(16)15-10-8-9-12(15)2;6-3-5-7-4-1-2-4;6-3-5-4-1-2-4/h1-9H,(H,17,18);4,12-13H,1,5-11H2,2-3H3;3-4H,1-2H2,(H,5,6);3-4H,1-2H2,(H,5,6)/t;12?,13-;;/m.1../s1. The number of amides is 3. The molecule has 3 aromatic rings. The van der Waals surface area contributed by atoms with E-state index < -0.39 is 0 Å². The van der Waals surface area contributed by atoms with Crippen molar-refractivity contribution in [2.75, 3.05) is 13.2 Å². The monoisotopic (exact) mass is 696 g/mol. The van der Waals surface area contributed by atoms with E-state index >= 15 is 0 Å². The molecule has 48 heavy (non-hydrogen) atoms. The van der Waals surface area contributed by atoms with Gasteiger partial charge in [-0.15, -0.1) is 6.58 Å². The van der Waals surface area contributed by atoms with E-state index in [0.29, 0.717) is 34.6 Å². The lowest BCUT2D eigenvalue weighted by molar-refractivity contribution is -0.143. The third-order valence-electron chi connectivity index (χ3n) is 7.94. The molecule has 1 aliphatic heterocycles. The number of pyridine rings is 1. The Hall–Kier alpha value is -3.60. The molecule has 0 spiro atoms. The Bertz CT molecular complexity index is 1500. The summed E-state index contributed by atoms with van der Waals surface area (Å²) in [6.45, 7) is 9.22. The Labute approximate surface area is 293 Å². The maximum atomic E-state index is 12.1. The number of carbonyl (C=O) groups is 3. The second kappa shape index (κ2) is 21.4. The third kappa shape index (κ3) is 13.9. The zero-order valence-electron chi connectivity index (χ0n) is 28.0. The number of aromatic amines is 1. The van der Waals surface area contributed by atoms with Crippen molar-refractivity contribution in [3.63, 3.8) is 0 Å². The molecule has 3 fully saturated rings. The van der Waals surface area contributed by atoms with E-state index in [1.165, 1.54) is 37.6 Å². The van der Waals surface area contributed by atoms with Gasteiger partial charge in [0.05, 0.1) is 10.5 Å². The number of fused-ring (bicyclic) bond motifs is 1. The largest absolute Gasteiger partial charge is 0.369 e. The number of aromatic nitrogens is 1. The molecule has 2 aliphatic carbocycles. The van der Waals surface area contributed by atoms with Crippen LogP contribution in [-0.2, 0) is 19.1 Å². The van der Waals surface area contributed by atoms with Gasteiger partial charge in [-0.1, -0.05) is 54.1 Å². The summed E-state index contributed by atoms with van der Waals surface area (Å²) in [7, 11) is 0. The van der Waals surface area contributed by atoms with Crippen LogP contribution >= 0.6 is 23.5 Å². The fourth-order valence-corrected chi connectivity index (χ4v) is 5.72. The van der Waals surface area contributed by atoms with Gasteiger partial charge in [-0.2, -0.15) is 0 Å². The van der Waals surface area contributed by atoms with Gasteiger partial charge in [-0.3, -0.25) is 19.2 Å². The van der Waals surface area contributed by atoms with E-state index in [1.54, 1.807) is 24.3 Å². The summed E-state index contributed by atoms with van der Waals surface area (Å²) in [6.07, 6.45) is 13.4. The smallest absolute Gasteiger partial charge is 0.251 e. The SMILES string of the molecule is C=CCCCCO[C@H](C)C(=O)N1CCCC1C.O=CNC1CC1.O=CNSC1CC1.O=c1cc(-c2ccccc2)[nH]c2c(Cl)cccc12. The Morgan fingerprint density at radius 3 is 2.42 bits per heavy atom. The highest BCUT2D eigenvalue weighted by Crippen LogP contribution is 2.31. The van der Waals surface area contributed by atoms with Crippen molar-refractivity contribution in [2.24, 2.45) is 0 Å². The molecule has 0 bridgehead atoms. The summed E-state index contributed by atoms with van der Waals surface area (Å²) in [4.78, 5) is 48.4. The third-order valence-corrected chi connectivity index (χ3v) is 9.29. The Kier molecular flexibility index (Phi) is 17.3. The summed E-state index contributed by atoms with van der Waals surface area (Å²) in [5, 5.41) is 4.54. The van der Waals surface area contributed by atoms with Crippen LogP contribution in [0.4, 0.5) is 0 Å². The molecule has 1 aromatic heterocycles. The van der Waals surface area contributed by atoms with Gasteiger partial charge >= 0.3 is 0 Å². The zero-order chi connectivity index (χ0) is 34.7. The first-order valence-corrected chi connectivity index (χ1v) is 18.0. The van der Waals surface area contributed by atoms with Gasteiger partial charge in [-0.25, -0.2) is 0 Å². The number of ether oxygens (including phenoxy) is 1. The van der Waals surface area contributed by atoms with Crippen LogP contribution in [0.25, 0.3) is 22.2 Å². The molecule has 0 radical (unpaired) electrons. The number of unbranched alkanes of at least 4 members (excludes halogenated alkanes) is 2. The van der Waals surface area contributed by atoms with E-state index in [1.807, 2.05) is 48.2 Å². The van der Waals surface area contributed by atoms with Gasteiger partial charge < -0.3 is 24.7 Å². The van der Waals surface area contributed by atoms with Gasteiger partial charge in [0, 0.05) is 47.6 Å². The molecule has 6 rings (SSSR count). The van der Waals surface area contributed by atoms with Crippen molar-refractivity contribution in [3.8, 4) is 11.3 Å². The van der Waals surface area contributed by atoms with E-state index in [2.05, 4.69) is 28.5 Å². The van der Waals surface area contributed by atoms with E-state index in [-0.39, 0.29) is 17.4 Å². The summed E-state index contributed by atoms with van der Waals surface area (Å²) in [6, 6.07) is 17.6. The number of likely N-dealkylation sites (tertiary alicyclic amines) is 1. The molecule has 3 N–H and O–H groups in total. The first-order valence-electron chi connectivity index (χ1n) is 16.7. The summed E-state index contributed by atoms with van der Waals surface area (Å²) < 4.78 is 8.13. The number of hydrogen-bond donors (Lipinski definition) is 3. The summed E-state index contributed by atoms with van der Waals surface area (Å²) in [5.74, 6) is 0.152. The first-order chi connectivity index (χ1) is 23.3. The number of carbonyl (C=O) groups excluding carboxylic acids is 3. The average Bonchev–Trinajstić information content (AvgIpc) is 4.05. The number of halogens is 1. The number of para-hydroxylation sites is 1. The summed E-state index contributed by atoms with van der Waals surface area (Å²) in [5.41, 5.74) is 2.41. The normalized spacial score (nSPS) is 16.9. The maximum absolute atomic E-state index is 12.1. The van der Waals surface area contributed by atoms with Gasteiger partial charge in [0.25, 0.3) is 5.91 Å². The molecule has 2 aromatic carbocycles. The van der Waals surface area contributed by atoms with Gasteiger partial charge in [0.1, 0.15) is 6.10 Å². The van der Waals surface area contributed by atoms with Gasteiger partial charge in [0.2, 0.25) is 12.8 Å². The average molecular weight is 697 g/mol. The molecule has 1 saturated heterocycles. The van der Waals surface area contributed by atoms with Crippen LogP contribution in [0, 0.1) is 0 Å². The highest BCUT2D eigenvalue weighted by atomic mass is 35.5. The number of nitrogens with zero attached hydrogens (tertiary/aromatic N) is 1. The number of rotatable bonds is 13. The number of benzene rings is 2. The number of hydrogen-bond acceptors (Lipinski definition) is 6. The second-order valence-corrected chi connectivity index (χ2v) is 13.6. The molecule has 1 unspecified atom stereocenters. The second-order valence-electron chi connectivity index (χ2n) is 12.0. The van der Waals surface area contributed by atoms with E-state index in [9.17, 15) is 19.2 Å². The molecule has 3 aliphatic rings. The minimum absolute atomic E-state index is 0.0231. The van der Waals surface area contributed by atoms with Crippen LogP contribution in [0.15, 0.2) is 72.0 Å². The first kappa shape index (κ1) is 38.8. The number of allylic oxidation sites excluding steroid dienone is 1. The van der Waals surface area contributed by atoms with Crippen molar-refractivity contribution in [3.05, 3.63) is 82.5 Å². The molecule has 2 heterocycles. The molecule has 11 heteroatoms. The fraction of sp³-hybridized carbons (Fsp3) is 0.459. The van der Waals surface area contributed by atoms with E-state index in [4.69, 9.17) is 16.3 Å². The number of H-pyrrole nitrogens is 1. The molecular weight excluding hydrogens is 648 g/mol. The van der Waals surface area contributed by atoms with Crippen molar-refractivity contribution in [1.82, 2.24) is 19.9 Å². The lowest BCUT2D eigenvalue weighted by Crippen LogP contribution is -2.41. The predicted molar refractivity (Wildman–Crippen MR) is 197 cm³/mol. The topological polar surface area (TPSA) is 121 Å². The van der Waals surface area contributed by atoms with Crippen LogP contribution in [-0.4, -0.2) is 65.2 Å². The van der Waals surface area contributed by atoms with Crippen LogP contribution in [0.5, 0.6) is 0 Å². The van der Waals surface area contributed by atoms with Crippen LogP contribution in [0.1, 0.15) is 71.6 Å². The lowest BCUT2D eigenvalue weighted by Gasteiger charge is -2.25. The van der Waals surface area contributed by atoms with Crippen LogP contribution < -0.4 is 15.5 Å². The maximum Gasteiger partial charge on any atom is 0.251 e. The molecular formula is C37H49ClN4O5S. The minimum Gasteiger partial charge on any atom is -0.369 e. The molecule has 9 nitrogen and oxygen atoms in total. The number of nitrogens with one attached hydrogen (secondary N) is 3. The van der Waals surface area contributed by atoms with E-state index in [0.717, 1.165) is 68.0 Å². The zero-order valence-corrected chi connectivity index (χ0v) is 29.6. The lowest BCUT2D eigenvalue weighted by atomic mass is 10.1.